The highest BCUT2D eigenvalue weighted by molar-refractivity contribution is 8.14. The number of nitrogens with zero attached hydrogens (tertiary/aromatic N) is 2. The lowest BCUT2D eigenvalue weighted by molar-refractivity contribution is -0.358. The first kappa shape index (κ1) is 21.0. The van der Waals surface area contributed by atoms with E-state index in [9.17, 15) is 35.8 Å². The van der Waals surface area contributed by atoms with Gasteiger partial charge in [-0.2, -0.15) is 30.7 Å². The van der Waals surface area contributed by atoms with Crippen molar-refractivity contribution in [3.05, 3.63) is 29.3 Å². The number of alkyl halides is 7. The topological polar surface area (TPSA) is 45.1 Å². The second-order valence-corrected chi connectivity index (χ2v) is 7.66. The number of aliphatic imine (C=N–C) groups is 1. The van der Waals surface area contributed by atoms with Crippen LogP contribution in [0.4, 0.5) is 30.7 Å². The van der Waals surface area contributed by atoms with Crippen LogP contribution in [0.1, 0.15) is 11.1 Å². The van der Waals surface area contributed by atoms with Crippen LogP contribution in [-0.4, -0.2) is 59.1 Å². The highest BCUT2D eigenvalue weighted by Gasteiger charge is 2.73. The zero-order valence-electron chi connectivity index (χ0n) is 14.5. The van der Waals surface area contributed by atoms with Gasteiger partial charge in [0.15, 0.2) is 17.5 Å². The maximum absolute atomic E-state index is 13.4. The molecule has 28 heavy (non-hydrogen) atoms. The van der Waals surface area contributed by atoms with Gasteiger partial charge in [-0.1, -0.05) is 17.8 Å². The Morgan fingerprint density at radius 3 is 2.46 bits per heavy atom. The highest BCUT2D eigenvalue weighted by atomic mass is 32.2. The van der Waals surface area contributed by atoms with Crippen LogP contribution in [0.5, 0.6) is 5.75 Å². The molecule has 1 saturated heterocycles. The summed E-state index contributed by atoms with van der Waals surface area (Å²) in [6.07, 6.45) is -5.98. The Morgan fingerprint density at radius 2 is 1.89 bits per heavy atom. The van der Waals surface area contributed by atoms with Crippen LogP contribution < -0.4 is 4.74 Å². The molecule has 1 aromatic rings. The Kier molecular flexibility index (Phi) is 4.81. The van der Waals surface area contributed by atoms with Crippen LogP contribution in [0.15, 0.2) is 23.2 Å². The number of hydrogen-bond acceptors (Lipinski definition) is 4. The Labute approximate surface area is 159 Å². The van der Waals surface area contributed by atoms with Gasteiger partial charge >= 0.3 is 18.0 Å². The molecule has 2 aliphatic rings. The maximum Gasteiger partial charge on any atom is 0.460 e. The number of aliphatic hydroxyl groups is 1. The molecule has 4 nitrogen and oxygen atoms in total. The standard InChI is InChI=1S/C16H15F7N2O2S/c1-24-12-25(2)14(26)10-6-9(4-3-8(10)5-11(14)28-12)27-7-13(17,18)15(19,20)16(21,22)23/h3-4,6,11,26H,5,7H2,1-2H3/b24-12-. The van der Waals surface area contributed by atoms with Gasteiger partial charge in [-0.05, 0) is 24.1 Å². The van der Waals surface area contributed by atoms with Crippen molar-refractivity contribution in [2.45, 2.75) is 35.4 Å². The molecule has 0 aromatic heterocycles. The SMILES string of the molecule is C/N=C1\SC2Cc3ccc(OCC(F)(F)C(F)(F)C(F)(F)F)cc3C2(O)N1C. The average molecular weight is 432 g/mol. The lowest BCUT2D eigenvalue weighted by atomic mass is 10.0. The molecular weight excluding hydrogens is 417 g/mol. The van der Waals surface area contributed by atoms with Gasteiger partial charge in [-0.25, -0.2) is 0 Å². The van der Waals surface area contributed by atoms with Gasteiger partial charge in [0.1, 0.15) is 5.75 Å². The Hall–Kier alpha value is -1.69. The van der Waals surface area contributed by atoms with E-state index in [0.29, 0.717) is 22.7 Å². The minimum atomic E-state index is -6.42. The molecule has 0 saturated carbocycles. The molecule has 1 aromatic carbocycles. The van der Waals surface area contributed by atoms with Crippen molar-refractivity contribution < 1.29 is 40.6 Å². The molecule has 3 rings (SSSR count). The predicted molar refractivity (Wildman–Crippen MR) is 88.0 cm³/mol. The van der Waals surface area contributed by atoms with Crippen LogP contribution in [0.3, 0.4) is 0 Å². The van der Waals surface area contributed by atoms with Crippen molar-refractivity contribution in [1.82, 2.24) is 4.90 Å². The average Bonchev–Trinajstić information content (AvgIpc) is 3.01. The van der Waals surface area contributed by atoms with Gasteiger partial charge in [0, 0.05) is 19.7 Å². The Morgan fingerprint density at radius 1 is 1.25 bits per heavy atom. The summed E-state index contributed by atoms with van der Waals surface area (Å²) in [7, 11) is 3.11. The first-order valence-corrected chi connectivity index (χ1v) is 8.82. The maximum atomic E-state index is 13.4. The molecule has 0 spiro atoms. The molecule has 1 heterocycles. The van der Waals surface area contributed by atoms with Crippen LogP contribution in [0.25, 0.3) is 0 Å². The number of benzene rings is 1. The first-order valence-electron chi connectivity index (χ1n) is 7.94. The molecule has 1 N–H and O–H groups in total. The summed E-state index contributed by atoms with van der Waals surface area (Å²) < 4.78 is 94.0. The molecule has 12 heteroatoms. The largest absolute Gasteiger partial charge is 0.487 e. The third-order valence-electron chi connectivity index (χ3n) is 4.80. The monoisotopic (exact) mass is 432 g/mol. The second-order valence-electron chi connectivity index (χ2n) is 6.49. The summed E-state index contributed by atoms with van der Waals surface area (Å²) in [5.41, 5.74) is -0.539. The fourth-order valence-corrected chi connectivity index (χ4v) is 4.60. The number of amidine groups is 1. The summed E-state index contributed by atoms with van der Waals surface area (Å²) in [5, 5.41) is 11.3. The van der Waals surface area contributed by atoms with Crippen molar-refractivity contribution in [3.63, 3.8) is 0 Å². The summed E-state index contributed by atoms with van der Waals surface area (Å²) in [4.78, 5) is 5.53. The quantitative estimate of drug-likeness (QED) is 0.739. The van der Waals surface area contributed by atoms with Gasteiger partial charge in [-0.3, -0.25) is 4.99 Å². The number of fused-ring (bicyclic) bond motifs is 3. The van der Waals surface area contributed by atoms with Crippen LogP contribution >= 0.6 is 11.8 Å². The Bertz CT molecular complexity index is 815. The third kappa shape index (κ3) is 2.92. The molecular formula is C16H15F7N2O2S. The van der Waals surface area contributed by atoms with Gasteiger partial charge in [0.25, 0.3) is 0 Å². The summed E-state index contributed by atoms with van der Waals surface area (Å²) in [6.45, 7) is -2.17. The molecule has 2 unspecified atom stereocenters. The van der Waals surface area contributed by atoms with Crippen molar-refractivity contribution in [2.75, 3.05) is 20.7 Å². The van der Waals surface area contributed by atoms with E-state index in [-0.39, 0.29) is 11.0 Å². The Balaban J connectivity index is 1.84. The number of hydrogen-bond donors (Lipinski definition) is 1. The summed E-state index contributed by atoms with van der Waals surface area (Å²) in [5.74, 6) is -12.1. The van der Waals surface area contributed by atoms with Crippen molar-refractivity contribution in [3.8, 4) is 5.75 Å². The van der Waals surface area contributed by atoms with E-state index in [1.807, 2.05) is 0 Å². The van der Waals surface area contributed by atoms with Crippen molar-refractivity contribution in [1.29, 1.82) is 0 Å². The molecule has 1 fully saturated rings. The van der Waals surface area contributed by atoms with Crippen molar-refractivity contribution in [2.24, 2.45) is 4.99 Å². The number of thioether (sulfide) groups is 1. The minimum Gasteiger partial charge on any atom is -0.487 e. The van der Waals surface area contributed by atoms with Crippen LogP contribution in [0.2, 0.25) is 0 Å². The molecule has 1 aliphatic carbocycles. The van der Waals surface area contributed by atoms with Gasteiger partial charge in [0.05, 0.1) is 5.25 Å². The second kappa shape index (κ2) is 6.41. The molecule has 156 valence electrons. The summed E-state index contributed by atoms with van der Waals surface area (Å²) >= 11 is 1.32. The first-order chi connectivity index (χ1) is 12.8. The van der Waals surface area contributed by atoms with Crippen molar-refractivity contribution >= 4 is 16.9 Å². The number of rotatable bonds is 4. The zero-order chi connectivity index (χ0) is 21.1. The fourth-order valence-electron chi connectivity index (χ4n) is 3.23. The lowest BCUT2D eigenvalue weighted by Crippen LogP contribution is -2.54. The van der Waals surface area contributed by atoms with Gasteiger partial charge in [0.2, 0.25) is 0 Å². The zero-order valence-corrected chi connectivity index (χ0v) is 15.3. The van der Waals surface area contributed by atoms with Gasteiger partial charge < -0.3 is 14.7 Å². The smallest absolute Gasteiger partial charge is 0.460 e. The lowest BCUT2D eigenvalue weighted by Gasteiger charge is -2.32. The fraction of sp³-hybridized carbons (Fsp3) is 0.562. The van der Waals surface area contributed by atoms with E-state index < -0.39 is 30.4 Å². The van der Waals surface area contributed by atoms with E-state index >= 15 is 0 Å². The van der Waals surface area contributed by atoms with E-state index in [4.69, 9.17) is 0 Å². The minimum absolute atomic E-state index is 0.301. The molecule has 0 bridgehead atoms. The van der Waals surface area contributed by atoms with E-state index in [2.05, 4.69) is 9.73 Å². The molecule has 2 atom stereocenters. The van der Waals surface area contributed by atoms with Crippen LogP contribution in [0, 0.1) is 0 Å². The van der Waals surface area contributed by atoms with E-state index in [1.165, 1.54) is 41.9 Å². The van der Waals surface area contributed by atoms with E-state index in [0.717, 1.165) is 0 Å². The summed E-state index contributed by atoms with van der Waals surface area (Å²) in [6, 6.07) is 3.81. The molecule has 1 aliphatic heterocycles. The normalized spacial score (nSPS) is 26.6. The molecule has 0 radical (unpaired) electrons. The predicted octanol–water partition coefficient (Wildman–Crippen LogP) is 3.63. The number of ether oxygens (including phenoxy) is 1. The van der Waals surface area contributed by atoms with Crippen LogP contribution in [-0.2, 0) is 12.1 Å². The highest BCUT2D eigenvalue weighted by Crippen LogP contribution is 2.52. The number of halogens is 7. The molecule has 0 amide bonds. The third-order valence-corrected chi connectivity index (χ3v) is 6.25. The van der Waals surface area contributed by atoms with E-state index in [1.54, 1.807) is 7.05 Å². The van der Waals surface area contributed by atoms with Gasteiger partial charge in [-0.15, -0.1) is 0 Å².